The van der Waals surface area contributed by atoms with Gasteiger partial charge in [0.1, 0.15) is 17.5 Å². The van der Waals surface area contributed by atoms with Gasteiger partial charge in [0, 0.05) is 24.0 Å². The minimum Gasteiger partial charge on any atom is -0.370 e. The van der Waals surface area contributed by atoms with E-state index >= 15 is 0 Å². The molecule has 1 aromatic carbocycles. The first-order valence-corrected chi connectivity index (χ1v) is 12.4. The number of amides is 1. The van der Waals surface area contributed by atoms with Crippen LogP contribution in [0.25, 0.3) is 6.08 Å². The Morgan fingerprint density at radius 2 is 1.83 bits per heavy atom. The van der Waals surface area contributed by atoms with Gasteiger partial charge in [-0.3, -0.25) is 9.78 Å². The van der Waals surface area contributed by atoms with Gasteiger partial charge in [0.05, 0.1) is 29.2 Å². The second-order valence-electron chi connectivity index (χ2n) is 8.71. The highest BCUT2D eigenvalue weighted by molar-refractivity contribution is 6.04. The average molecular weight is 491 g/mol. The molecule has 190 valence electrons. The molecule has 0 aliphatic carbocycles. The van der Waals surface area contributed by atoms with Crippen molar-refractivity contribution in [2.75, 3.05) is 22.5 Å². The topological polar surface area (TPSA) is 91.8 Å². The van der Waals surface area contributed by atoms with Crippen molar-refractivity contribution in [3.05, 3.63) is 76.1 Å². The molecule has 0 fully saturated rings. The first-order valence-electron chi connectivity index (χ1n) is 12.4. The maximum Gasteiger partial charge on any atom is 0.257 e. The Morgan fingerprint density at radius 3 is 2.47 bits per heavy atom. The summed E-state index contributed by atoms with van der Waals surface area (Å²) in [5, 5.41) is 9.22. The van der Waals surface area contributed by atoms with Crippen molar-refractivity contribution in [3.63, 3.8) is 0 Å². The van der Waals surface area contributed by atoms with Crippen LogP contribution >= 0.6 is 0 Å². The summed E-state index contributed by atoms with van der Waals surface area (Å²) in [6.07, 6.45) is 7.20. The number of pyridine rings is 1. The van der Waals surface area contributed by atoms with Gasteiger partial charge < -0.3 is 16.0 Å². The minimum atomic E-state index is -0.401. The number of aryl methyl sites for hydroxylation is 2. The second kappa shape index (κ2) is 12.2. The molecule has 0 spiro atoms. The number of rotatable bonds is 10. The molecule has 2 heterocycles. The number of nitrogens with zero attached hydrogens (tertiary/aromatic N) is 3. The number of aromatic nitrogens is 3. The average Bonchev–Trinajstić information content (AvgIpc) is 2.86. The SMILES string of the molecule is CCNc1ncc(C(=O)Nc2ccc(F)c(C(C)Nc3cnc(C=C(CC)CC)c(C)n3)c2)cc1C. The Labute approximate surface area is 212 Å². The van der Waals surface area contributed by atoms with Crippen molar-refractivity contribution in [3.8, 4) is 0 Å². The van der Waals surface area contributed by atoms with Gasteiger partial charge in [0.15, 0.2) is 0 Å². The van der Waals surface area contributed by atoms with E-state index in [0.717, 1.165) is 42.2 Å². The summed E-state index contributed by atoms with van der Waals surface area (Å²) in [5.41, 5.74) is 5.16. The minimum absolute atomic E-state index is 0.310. The predicted molar refractivity (Wildman–Crippen MR) is 145 cm³/mol. The summed E-state index contributed by atoms with van der Waals surface area (Å²) in [7, 11) is 0. The van der Waals surface area contributed by atoms with Gasteiger partial charge >= 0.3 is 0 Å². The molecule has 36 heavy (non-hydrogen) atoms. The third kappa shape index (κ3) is 6.65. The van der Waals surface area contributed by atoms with Crippen LogP contribution in [0.4, 0.5) is 21.7 Å². The molecule has 1 amide bonds. The zero-order valence-electron chi connectivity index (χ0n) is 21.9. The zero-order valence-corrected chi connectivity index (χ0v) is 21.9. The van der Waals surface area contributed by atoms with Gasteiger partial charge in [0.2, 0.25) is 0 Å². The van der Waals surface area contributed by atoms with E-state index in [0.29, 0.717) is 22.6 Å². The lowest BCUT2D eigenvalue weighted by Crippen LogP contribution is -2.15. The maximum atomic E-state index is 14.7. The lowest BCUT2D eigenvalue weighted by molar-refractivity contribution is 0.102. The highest BCUT2D eigenvalue weighted by Crippen LogP contribution is 2.25. The summed E-state index contributed by atoms with van der Waals surface area (Å²) in [4.78, 5) is 26.2. The molecule has 0 bridgehead atoms. The first kappa shape index (κ1) is 26.8. The fourth-order valence-electron chi connectivity index (χ4n) is 3.86. The number of nitrogens with one attached hydrogen (secondary N) is 3. The number of allylic oxidation sites excluding steroid dienone is 1. The molecule has 0 saturated heterocycles. The van der Waals surface area contributed by atoms with E-state index in [1.54, 1.807) is 24.4 Å². The van der Waals surface area contributed by atoms with Crippen LogP contribution in [0.5, 0.6) is 0 Å². The van der Waals surface area contributed by atoms with E-state index in [2.05, 4.69) is 50.8 Å². The summed E-state index contributed by atoms with van der Waals surface area (Å²) in [5.74, 6) is 0.621. The molecule has 7 nitrogen and oxygen atoms in total. The van der Waals surface area contributed by atoms with E-state index in [9.17, 15) is 9.18 Å². The molecule has 0 saturated carbocycles. The normalized spacial score (nSPS) is 11.5. The van der Waals surface area contributed by atoms with Crippen molar-refractivity contribution in [1.29, 1.82) is 0 Å². The molecule has 0 aliphatic rings. The number of carbonyl (C=O) groups is 1. The van der Waals surface area contributed by atoms with Crippen molar-refractivity contribution < 1.29 is 9.18 Å². The fourth-order valence-corrected chi connectivity index (χ4v) is 3.86. The third-order valence-corrected chi connectivity index (χ3v) is 6.00. The highest BCUT2D eigenvalue weighted by Gasteiger charge is 2.15. The molecule has 1 unspecified atom stereocenters. The van der Waals surface area contributed by atoms with Gasteiger partial charge in [-0.05, 0) is 76.4 Å². The van der Waals surface area contributed by atoms with Crippen molar-refractivity contribution >= 4 is 29.3 Å². The smallest absolute Gasteiger partial charge is 0.257 e. The van der Waals surface area contributed by atoms with Gasteiger partial charge in [0.25, 0.3) is 5.91 Å². The Hall–Kier alpha value is -3.81. The number of hydrogen-bond acceptors (Lipinski definition) is 6. The standard InChI is InChI=1S/C28H35FN6O/c1-7-20(8-2)13-25-19(6)34-26(16-31-25)33-18(5)23-14-22(10-11-24(23)29)35-28(36)21-12-17(4)27(30-9-3)32-15-21/h10-16,18H,7-9H2,1-6H3,(H,30,32)(H,33,34)(H,35,36). The molecule has 0 radical (unpaired) electrons. The van der Waals surface area contributed by atoms with E-state index in [4.69, 9.17) is 0 Å². The largest absolute Gasteiger partial charge is 0.370 e. The van der Waals surface area contributed by atoms with E-state index in [1.165, 1.54) is 17.8 Å². The van der Waals surface area contributed by atoms with Gasteiger partial charge in [-0.1, -0.05) is 19.4 Å². The molecule has 3 aromatic rings. The van der Waals surface area contributed by atoms with E-state index in [-0.39, 0.29) is 11.7 Å². The van der Waals surface area contributed by atoms with Crippen LogP contribution in [0.15, 0.2) is 42.2 Å². The Bertz CT molecular complexity index is 1250. The zero-order chi connectivity index (χ0) is 26.2. The van der Waals surface area contributed by atoms with Crippen LogP contribution in [0.2, 0.25) is 0 Å². The van der Waals surface area contributed by atoms with Crippen LogP contribution in [0, 0.1) is 19.7 Å². The second-order valence-corrected chi connectivity index (χ2v) is 8.71. The highest BCUT2D eigenvalue weighted by atomic mass is 19.1. The van der Waals surface area contributed by atoms with E-state index < -0.39 is 6.04 Å². The summed E-state index contributed by atoms with van der Waals surface area (Å²) < 4.78 is 14.7. The van der Waals surface area contributed by atoms with Crippen LogP contribution < -0.4 is 16.0 Å². The number of halogens is 1. The Balaban J connectivity index is 1.75. The van der Waals surface area contributed by atoms with Crippen molar-refractivity contribution in [2.45, 2.75) is 60.4 Å². The van der Waals surface area contributed by atoms with Gasteiger partial charge in [-0.15, -0.1) is 0 Å². The molecule has 8 heteroatoms. The van der Waals surface area contributed by atoms with Gasteiger partial charge in [-0.25, -0.2) is 14.4 Å². The maximum absolute atomic E-state index is 14.7. The van der Waals surface area contributed by atoms with Crippen LogP contribution in [-0.2, 0) is 0 Å². The number of anilines is 3. The predicted octanol–water partition coefficient (Wildman–Crippen LogP) is 6.69. The number of benzene rings is 1. The fraction of sp³-hybridized carbons (Fsp3) is 0.357. The molecule has 3 N–H and O–H groups in total. The number of hydrogen-bond donors (Lipinski definition) is 3. The summed E-state index contributed by atoms with van der Waals surface area (Å²) >= 11 is 0. The summed E-state index contributed by atoms with van der Waals surface area (Å²) in [6, 6.07) is 5.90. The Kier molecular flexibility index (Phi) is 9.11. The first-order chi connectivity index (χ1) is 17.2. The molecule has 1 atom stereocenters. The molecule has 2 aromatic heterocycles. The van der Waals surface area contributed by atoms with Crippen molar-refractivity contribution in [1.82, 2.24) is 15.0 Å². The molecular weight excluding hydrogens is 455 g/mol. The van der Waals surface area contributed by atoms with Crippen LogP contribution in [-0.4, -0.2) is 27.4 Å². The van der Waals surface area contributed by atoms with Crippen LogP contribution in [0.3, 0.4) is 0 Å². The molecular formula is C28H35FN6O. The van der Waals surface area contributed by atoms with E-state index in [1.807, 2.05) is 27.7 Å². The lowest BCUT2D eigenvalue weighted by atomic mass is 10.1. The quantitative estimate of drug-likeness (QED) is 0.293. The van der Waals surface area contributed by atoms with Crippen LogP contribution in [0.1, 0.15) is 79.5 Å². The molecule has 3 rings (SSSR count). The number of carbonyl (C=O) groups excluding carboxylic acids is 1. The van der Waals surface area contributed by atoms with Gasteiger partial charge in [-0.2, -0.15) is 0 Å². The summed E-state index contributed by atoms with van der Waals surface area (Å²) in [6.45, 7) is 12.6. The third-order valence-electron chi connectivity index (χ3n) is 6.00. The monoisotopic (exact) mass is 490 g/mol. The Morgan fingerprint density at radius 1 is 1.08 bits per heavy atom. The van der Waals surface area contributed by atoms with Crippen molar-refractivity contribution in [2.24, 2.45) is 0 Å². The molecule has 0 aliphatic heterocycles. The lowest BCUT2D eigenvalue weighted by Gasteiger charge is -2.17.